The number of alkyl halides is 1. The first-order chi connectivity index (χ1) is 9.76. The van der Waals surface area contributed by atoms with E-state index >= 15 is 0 Å². The monoisotopic (exact) mass is 400 g/mol. The van der Waals surface area contributed by atoms with Crippen molar-refractivity contribution in [1.29, 1.82) is 0 Å². The molecule has 106 valence electrons. The van der Waals surface area contributed by atoms with Crippen molar-refractivity contribution in [3.63, 3.8) is 0 Å². The minimum Gasteiger partial charge on any atom is -0.325 e. The molecule has 4 rings (SSSR count). The summed E-state index contributed by atoms with van der Waals surface area (Å²) < 4.78 is 3.78. The lowest BCUT2D eigenvalue weighted by atomic mass is 9.95. The summed E-state index contributed by atoms with van der Waals surface area (Å²) in [5.74, 6) is 3.66. The second kappa shape index (κ2) is 5.16. The van der Waals surface area contributed by atoms with Crippen LogP contribution in [0, 0.1) is 15.4 Å². The zero-order valence-corrected chi connectivity index (χ0v) is 14.3. The van der Waals surface area contributed by atoms with Gasteiger partial charge in [-0.25, -0.2) is 4.98 Å². The van der Waals surface area contributed by atoms with E-state index < -0.39 is 0 Å². The molecule has 1 heterocycles. The van der Waals surface area contributed by atoms with E-state index in [0.29, 0.717) is 11.9 Å². The van der Waals surface area contributed by atoms with Gasteiger partial charge in [0.15, 0.2) is 0 Å². The summed E-state index contributed by atoms with van der Waals surface area (Å²) in [6.07, 6.45) is 6.49. The van der Waals surface area contributed by atoms with Gasteiger partial charge in [-0.05, 0) is 71.9 Å². The molecule has 0 N–H and O–H groups in total. The summed E-state index contributed by atoms with van der Waals surface area (Å²) in [6.45, 7) is 0. The Bertz CT molecular complexity index is 651. The maximum Gasteiger partial charge on any atom is 0.111 e. The van der Waals surface area contributed by atoms with Crippen molar-refractivity contribution >= 4 is 45.2 Å². The zero-order chi connectivity index (χ0) is 13.7. The maximum absolute atomic E-state index is 6.00. The van der Waals surface area contributed by atoms with Gasteiger partial charge >= 0.3 is 0 Å². The normalized spacial score (nSPS) is 28.6. The number of rotatable bonds is 3. The molecule has 2 aliphatic carbocycles. The predicted octanol–water partition coefficient (Wildman–Crippen LogP) is 4.78. The van der Waals surface area contributed by atoms with Crippen LogP contribution in [0.4, 0.5) is 0 Å². The lowest BCUT2D eigenvalue weighted by Gasteiger charge is -2.25. The van der Waals surface area contributed by atoms with E-state index in [-0.39, 0.29) is 0 Å². The second-order valence-corrected chi connectivity index (χ2v) is 7.84. The van der Waals surface area contributed by atoms with Crippen molar-refractivity contribution in [1.82, 2.24) is 9.55 Å². The smallest absolute Gasteiger partial charge is 0.111 e. The van der Waals surface area contributed by atoms with Crippen LogP contribution in [0.5, 0.6) is 0 Å². The van der Waals surface area contributed by atoms with Crippen molar-refractivity contribution in [3.05, 3.63) is 27.6 Å². The SMILES string of the molecule is ClCCc1nc2cc(I)ccc2n1C1CC2CCC1C2. The van der Waals surface area contributed by atoms with E-state index in [9.17, 15) is 0 Å². The highest BCUT2D eigenvalue weighted by atomic mass is 127. The Kier molecular flexibility index (Phi) is 3.45. The average Bonchev–Trinajstić information content (AvgIpc) is 3.11. The van der Waals surface area contributed by atoms with Crippen molar-refractivity contribution < 1.29 is 0 Å². The molecule has 4 heteroatoms. The third-order valence-electron chi connectivity index (χ3n) is 5.08. The Labute approximate surface area is 138 Å². The molecule has 0 amide bonds. The first kappa shape index (κ1) is 13.4. The van der Waals surface area contributed by atoms with Gasteiger partial charge < -0.3 is 4.57 Å². The number of benzene rings is 1. The summed E-state index contributed by atoms with van der Waals surface area (Å²) in [5, 5.41) is 0. The van der Waals surface area contributed by atoms with E-state index in [1.807, 2.05) is 0 Å². The molecule has 3 unspecified atom stereocenters. The first-order valence-corrected chi connectivity index (χ1v) is 9.10. The molecule has 2 nitrogen and oxygen atoms in total. The molecule has 2 aromatic rings. The van der Waals surface area contributed by atoms with Crippen LogP contribution in [0.1, 0.15) is 37.5 Å². The molecular formula is C16H18ClIN2. The van der Waals surface area contributed by atoms with Crippen LogP contribution in [-0.4, -0.2) is 15.4 Å². The molecule has 0 radical (unpaired) electrons. The Balaban J connectivity index is 1.85. The quantitative estimate of drug-likeness (QED) is 0.535. The molecule has 2 aliphatic rings. The Morgan fingerprint density at radius 1 is 1.30 bits per heavy atom. The molecule has 0 spiro atoms. The van der Waals surface area contributed by atoms with Gasteiger partial charge in [0.05, 0.1) is 11.0 Å². The van der Waals surface area contributed by atoms with E-state index in [1.165, 1.54) is 40.6 Å². The number of imidazole rings is 1. The molecule has 3 atom stereocenters. The molecular weight excluding hydrogens is 383 g/mol. The summed E-state index contributed by atoms with van der Waals surface area (Å²) >= 11 is 8.36. The first-order valence-electron chi connectivity index (χ1n) is 7.48. The summed E-state index contributed by atoms with van der Waals surface area (Å²) in [6, 6.07) is 7.29. The molecule has 1 aromatic heterocycles. The van der Waals surface area contributed by atoms with E-state index in [0.717, 1.165) is 23.8 Å². The lowest BCUT2D eigenvalue weighted by molar-refractivity contribution is 0.329. The number of hydrogen-bond donors (Lipinski definition) is 0. The van der Waals surface area contributed by atoms with Gasteiger partial charge in [0.2, 0.25) is 0 Å². The largest absolute Gasteiger partial charge is 0.325 e. The standard InChI is InChI=1S/C16H18ClIN2/c17-6-5-16-19-13-9-12(18)3-4-14(13)20(16)15-8-10-1-2-11(15)7-10/h3-4,9-11,15H,1-2,5-8H2. The number of aromatic nitrogens is 2. The van der Waals surface area contributed by atoms with Crippen LogP contribution in [0.2, 0.25) is 0 Å². The van der Waals surface area contributed by atoms with Crippen molar-refractivity contribution in [2.24, 2.45) is 11.8 Å². The van der Waals surface area contributed by atoms with Crippen LogP contribution in [0.15, 0.2) is 18.2 Å². The number of nitrogens with zero attached hydrogens (tertiary/aromatic N) is 2. The average molecular weight is 401 g/mol. The molecule has 20 heavy (non-hydrogen) atoms. The molecule has 2 bridgehead atoms. The van der Waals surface area contributed by atoms with Gasteiger partial charge in [-0.2, -0.15) is 0 Å². The molecule has 2 fully saturated rings. The van der Waals surface area contributed by atoms with Gasteiger partial charge in [0.25, 0.3) is 0 Å². The van der Waals surface area contributed by atoms with Gasteiger partial charge in [-0.3, -0.25) is 0 Å². The minimum atomic E-state index is 0.654. The summed E-state index contributed by atoms with van der Waals surface area (Å²) in [4.78, 5) is 4.87. The second-order valence-electron chi connectivity index (χ2n) is 6.21. The zero-order valence-electron chi connectivity index (χ0n) is 11.4. The van der Waals surface area contributed by atoms with E-state index in [4.69, 9.17) is 16.6 Å². The number of fused-ring (bicyclic) bond motifs is 3. The summed E-state index contributed by atoms with van der Waals surface area (Å²) in [5.41, 5.74) is 2.45. The third-order valence-corrected chi connectivity index (χ3v) is 5.94. The lowest BCUT2D eigenvalue weighted by Crippen LogP contribution is -2.18. The molecule has 0 saturated heterocycles. The number of hydrogen-bond acceptors (Lipinski definition) is 1. The third kappa shape index (κ3) is 2.08. The Morgan fingerprint density at radius 3 is 2.90 bits per heavy atom. The highest BCUT2D eigenvalue weighted by Gasteiger charge is 2.41. The van der Waals surface area contributed by atoms with Crippen molar-refractivity contribution in [2.45, 2.75) is 38.1 Å². The minimum absolute atomic E-state index is 0.654. The van der Waals surface area contributed by atoms with Gasteiger partial charge in [0.1, 0.15) is 5.82 Å². The van der Waals surface area contributed by atoms with Crippen LogP contribution in [0.25, 0.3) is 11.0 Å². The van der Waals surface area contributed by atoms with Gasteiger partial charge in [0, 0.05) is 21.9 Å². The van der Waals surface area contributed by atoms with Crippen LogP contribution in [0.3, 0.4) is 0 Å². The Morgan fingerprint density at radius 2 is 2.20 bits per heavy atom. The maximum atomic E-state index is 6.00. The highest BCUT2D eigenvalue weighted by molar-refractivity contribution is 14.1. The predicted molar refractivity (Wildman–Crippen MR) is 91.4 cm³/mol. The van der Waals surface area contributed by atoms with E-state index in [1.54, 1.807) is 0 Å². The summed E-state index contributed by atoms with van der Waals surface area (Å²) in [7, 11) is 0. The molecule has 2 saturated carbocycles. The van der Waals surface area contributed by atoms with Gasteiger partial charge in [-0.1, -0.05) is 6.42 Å². The van der Waals surface area contributed by atoms with Crippen LogP contribution < -0.4 is 0 Å². The fraction of sp³-hybridized carbons (Fsp3) is 0.562. The van der Waals surface area contributed by atoms with Gasteiger partial charge in [-0.15, -0.1) is 11.6 Å². The highest BCUT2D eigenvalue weighted by Crippen LogP contribution is 2.51. The molecule has 0 aliphatic heterocycles. The Hall–Kier alpha value is -0.290. The number of aryl methyl sites for hydroxylation is 1. The van der Waals surface area contributed by atoms with Crippen LogP contribution >= 0.6 is 34.2 Å². The molecule has 1 aromatic carbocycles. The number of halogens is 2. The fourth-order valence-electron chi connectivity index (χ4n) is 4.28. The van der Waals surface area contributed by atoms with E-state index in [2.05, 4.69) is 45.4 Å². The fourth-order valence-corrected chi connectivity index (χ4v) is 4.92. The topological polar surface area (TPSA) is 17.8 Å². The van der Waals surface area contributed by atoms with Crippen LogP contribution in [-0.2, 0) is 6.42 Å². The van der Waals surface area contributed by atoms with Crippen molar-refractivity contribution in [2.75, 3.05) is 5.88 Å². The van der Waals surface area contributed by atoms with Crippen molar-refractivity contribution in [3.8, 4) is 0 Å².